The summed E-state index contributed by atoms with van der Waals surface area (Å²) in [5.74, 6) is -2.17. The lowest BCUT2D eigenvalue weighted by Crippen LogP contribution is -2.54. The Hall–Kier alpha value is -4.21. The van der Waals surface area contributed by atoms with E-state index in [0.29, 0.717) is 42.1 Å². The summed E-state index contributed by atoms with van der Waals surface area (Å²) in [4.78, 5) is 44.6. The lowest BCUT2D eigenvalue weighted by atomic mass is 9.66. The van der Waals surface area contributed by atoms with E-state index < -0.39 is 47.6 Å². The third-order valence-electron chi connectivity index (χ3n) is 9.60. The largest absolute Gasteiger partial charge is 0.494 e. The minimum Gasteiger partial charge on any atom is -0.494 e. The number of carbonyl (C=O) groups excluding carboxylic acids is 3. The Morgan fingerprint density at radius 3 is 2.30 bits per heavy atom. The fraction of sp³-hybridized carbons (Fsp3) is 0.400. The van der Waals surface area contributed by atoms with Gasteiger partial charge in [0.15, 0.2) is 0 Å². The molecule has 2 bridgehead atoms. The van der Waals surface area contributed by atoms with Crippen molar-refractivity contribution in [1.82, 2.24) is 4.90 Å². The number of anilines is 2. The first kappa shape index (κ1) is 29.8. The van der Waals surface area contributed by atoms with Crippen LogP contribution in [-0.4, -0.2) is 58.2 Å². The van der Waals surface area contributed by atoms with Gasteiger partial charge in [-0.05, 0) is 81.5 Å². The molecule has 9 heteroatoms. The second-order valence-corrected chi connectivity index (χ2v) is 12.3. The van der Waals surface area contributed by atoms with Crippen LogP contribution < -0.4 is 15.4 Å². The van der Waals surface area contributed by atoms with E-state index in [1.165, 1.54) is 4.90 Å². The van der Waals surface area contributed by atoms with Crippen LogP contribution in [0.5, 0.6) is 5.75 Å². The van der Waals surface area contributed by atoms with E-state index in [1.54, 1.807) is 24.3 Å². The zero-order valence-corrected chi connectivity index (χ0v) is 25.5. The van der Waals surface area contributed by atoms with Gasteiger partial charge in [0, 0.05) is 11.4 Å². The molecule has 9 nitrogen and oxygen atoms in total. The number of fused-ring (bicyclic) bond motifs is 1. The van der Waals surface area contributed by atoms with Gasteiger partial charge in [0.05, 0.1) is 36.7 Å². The second-order valence-electron chi connectivity index (χ2n) is 12.3. The van der Waals surface area contributed by atoms with Crippen molar-refractivity contribution in [3.8, 4) is 5.75 Å². The summed E-state index contributed by atoms with van der Waals surface area (Å²) in [5, 5.41) is 16.8. The molecule has 3 aromatic rings. The number of ether oxygens (including phenoxy) is 2. The number of benzene rings is 3. The monoisotopic (exact) mass is 597 g/mol. The quantitative estimate of drug-likeness (QED) is 0.327. The fourth-order valence-electron chi connectivity index (χ4n) is 7.65. The molecular weight excluding hydrogens is 558 g/mol. The molecule has 2 unspecified atom stereocenters. The maximum absolute atomic E-state index is 14.6. The first-order chi connectivity index (χ1) is 21.1. The molecule has 0 aliphatic carbocycles. The van der Waals surface area contributed by atoms with Crippen LogP contribution in [0.1, 0.15) is 49.4 Å². The molecule has 44 heavy (non-hydrogen) atoms. The number of hydrogen-bond donors (Lipinski definition) is 3. The van der Waals surface area contributed by atoms with Crippen LogP contribution in [0.15, 0.2) is 72.8 Å². The van der Waals surface area contributed by atoms with Crippen LogP contribution in [-0.2, 0) is 19.1 Å². The molecule has 3 aliphatic heterocycles. The van der Waals surface area contributed by atoms with Crippen LogP contribution in [0.3, 0.4) is 0 Å². The highest BCUT2D eigenvalue weighted by Gasteiger charge is 2.78. The summed E-state index contributed by atoms with van der Waals surface area (Å²) in [5.41, 5.74) is 1.54. The number of nitrogens with zero attached hydrogens (tertiary/aromatic N) is 1. The third kappa shape index (κ3) is 4.75. The summed E-state index contributed by atoms with van der Waals surface area (Å²) in [7, 11) is 0. The smallest absolute Gasteiger partial charge is 0.250 e. The summed E-state index contributed by atoms with van der Waals surface area (Å²) in [6, 6.07) is 20.1. The van der Waals surface area contributed by atoms with Gasteiger partial charge in [-0.25, -0.2) is 0 Å². The molecule has 6 atom stereocenters. The van der Waals surface area contributed by atoms with Gasteiger partial charge < -0.3 is 30.1 Å². The predicted octanol–water partition coefficient (Wildman–Crippen LogP) is 4.78. The average Bonchev–Trinajstić information content (AvgIpc) is 3.58. The number of aliphatic hydroxyl groups is 1. The maximum Gasteiger partial charge on any atom is 0.250 e. The molecule has 0 aromatic heterocycles. The van der Waals surface area contributed by atoms with Crippen LogP contribution >= 0.6 is 0 Å². The molecule has 3 saturated heterocycles. The maximum atomic E-state index is 14.6. The summed E-state index contributed by atoms with van der Waals surface area (Å²) in [6.45, 7) is 7.73. The summed E-state index contributed by atoms with van der Waals surface area (Å²) in [6.07, 6.45) is 0.940. The number of nitrogens with one attached hydrogen (secondary N) is 2. The lowest BCUT2D eigenvalue weighted by molar-refractivity contribution is -0.147. The number of amides is 3. The van der Waals surface area contributed by atoms with Crippen molar-refractivity contribution < 1.29 is 29.0 Å². The van der Waals surface area contributed by atoms with E-state index in [1.807, 2.05) is 76.2 Å². The van der Waals surface area contributed by atoms with E-state index in [-0.39, 0.29) is 11.8 Å². The van der Waals surface area contributed by atoms with Gasteiger partial charge in [0.2, 0.25) is 17.7 Å². The van der Waals surface area contributed by atoms with Crippen molar-refractivity contribution >= 4 is 29.1 Å². The number of likely N-dealkylation sites (tertiary alicyclic amines) is 1. The molecule has 0 saturated carbocycles. The molecule has 1 spiro atoms. The predicted molar refractivity (Wildman–Crippen MR) is 166 cm³/mol. The Kier molecular flexibility index (Phi) is 7.71. The summed E-state index contributed by atoms with van der Waals surface area (Å²) >= 11 is 0. The normalized spacial score (nSPS) is 27.6. The number of rotatable bonds is 9. The number of para-hydroxylation sites is 1. The van der Waals surface area contributed by atoms with Crippen molar-refractivity contribution in [1.29, 1.82) is 0 Å². The Balaban J connectivity index is 1.40. The highest BCUT2D eigenvalue weighted by atomic mass is 16.5. The highest BCUT2D eigenvalue weighted by molar-refractivity contribution is 6.05. The molecule has 3 aromatic carbocycles. The molecule has 3 heterocycles. The van der Waals surface area contributed by atoms with Gasteiger partial charge in [0.25, 0.3) is 0 Å². The fourth-order valence-corrected chi connectivity index (χ4v) is 7.65. The van der Waals surface area contributed by atoms with Crippen molar-refractivity contribution in [2.75, 3.05) is 23.8 Å². The molecule has 6 rings (SSSR count). The Morgan fingerprint density at radius 2 is 1.66 bits per heavy atom. The van der Waals surface area contributed by atoms with Gasteiger partial charge in [-0.15, -0.1) is 0 Å². The van der Waals surface area contributed by atoms with Gasteiger partial charge in [-0.2, -0.15) is 0 Å². The number of aliphatic hydroxyl groups excluding tert-OH is 1. The molecule has 0 radical (unpaired) electrons. The van der Waals surface area contributed by atoms with Gasteiger partial charge in [-0.1, -0.05) is 48.5 Å². The van der Waals surface area contributed by atoms with Crippen molar-refractivity contribution in [3.05, 3.63) is 89.5 Å². The van der Waals surface area contributed by atoms with Gasteiger partial charge >= 0.3 is 0 Å². The van der Waals surface area contributed by atoms with Crippen molar-refractivity contribution in [3.63, 3.8) is 0 Å². The van der Waals surface area contributed by atoms with E-state index in [9.17, 15) is 19.5 Å². The Labute approximate surface area is 257 Å². The molecule has 230 valence electrons. The molecular formula is C35H39N3O6. The SMILES string of the molecule is CCOc1ccc(NC(=O)[C@H]2[C@H]3C(=O)N([C@H](CO)c4ccccc4)C(C(=O)Nc4c(C)cccc4C)C34CC[C@]2(C)O4)cc1. The topological polar surface area (TPSA) is 117 Å². The minimum atomic E-state index is -1.24. The zero-order valence-electron chi connectivity index (χ0n) is 25.5. The molecule has 3 aliphatic rings. The van der Waals surface area contributed by atoms with E-state index in [4.69, 9.17) is 9.47 Å². The van der Waals surface area contributed by atoms with Crippen LogP contribution in [0.25, 0.3) is 0 Å². The van der Waals surface area contributed by atoms with Gasteiger partial charge in [0.1, 0.15) is 17.4 Å². The number of hydrogen-bond acceptors (Lipinski definition) is 6. The van der Waals surface area contributed by atoms with E-state index in [2.05, 4.69) is 10.6 Å². The minimum absolute atomic E-state index is 0.340. The van der Waals surface area contributed by atoms with Crippen LogP contribution in [0, 0.1) is 25.7 Å². The molecule has 3 N–H and O–H groups in total. The zero-order chi connectivity index (χ0) is 31.2. The first-order valence-corrected chi connectivity index (χ1v) is 15.2. The van der Waals surface area contributed by atoms with Crippen LogP contribution in [0.4, 0.5) is 11.4 Å². The van der Waals surface area contributed by atoms with Gasteiger partial charge in [-0.3, -0.25) is 14.4 Å². The number of aryl methyl sites for hydroxylation is 2. The van der Waals surface area contributed by atoms with E-state index in [0.717, 1.165) is 11.1 Å². The van der Waals surface area contributed by atoms with Crippen molar-refractivity contribution in [2.45, 2.75) is 63.8 Å². The average molecular weight is 598 g/mol. The van der Waals surface area contributed by atoms with E-state index >= 15 is 0 Å². The first-order valence-electron chi connectivity index (χ1n) is 15.2. The molecule has 3 fully saturated rings. The summed E-state index contributed by atoms with van der Waals surface area (Å²) < 4.78 is 12.3. The number of carbonyl (C=O) groups is 3. The van der Waals surface area contributed by atoms with Crippen LogP contribution in [0.2, 0.25) is 0 Å². The highest BCUT2D eigenvalue weighted by Crippen LogP contribution is 2.64. The Bertz CT molecular complexity index is 1560. The third-order valence-corrected chi connectivity index (χ3v) is 9.60. The Morgan fingerprint density at radius 1 is 0.977 bits per heavy atom. The lowest BCUT2D eigenvalue weighted by Gasteiger charge is -2.37. The second kappa shape index (κ2) is 11.4. The van der Waals surface area contributed by atoms with Crippen molar-refractivity contribution in [2.24, 2.45) is 11.8 Å². The molecule has 3 amide bonds. The standard InChI is InChI=1S/C35H39N3O6/c1-5-43-25-16-14-24(15-17-25)36-31(40)27-28-33(42)38(26(20-39)23-12-7-6-8-13-23)30(35(28)19-18-34(27,4)44-35)32(41)37-29-21(2)10-9-11-22(29)3/h6-17,26-28,30,39H,5,18-20H2,1-4H3,(H,36,40)(H,37,41)/t26-,27-,28+,30?,34+,35?/m1/s1.